The molecule has 6 nitrogen and oxygen atoms in total. The molecule has 84 valence electrons. The highest BCUT2D eigenvalue weighted by atomic mass is 16.5. The number of aromatic nitrogens is 3. The Morgan fingerprint density at radius 3 is 3.19 bits per heavy atom. The zero-order valence-corrected chi connectivity index (χ0v) is 8.96. The Bertz CT molecular complexity index is 434. The van der Waals surface area contributed by atoms with Crippen LogP contribution in [0.2, 0.25) is 0 Å². The SMILES string of the molecule is COC(=O)c1ncn(C2CCCC2C#N)n1. The first kappa shape index (κ1) is 10.6. The lowest BCUT2D eigenvalue weighted by Gasteiger charge is -2.12. The van der Waals surface area contributed by atoms with Crippen LogP contribution < -0.4 is 0 Å². The van der Waals surface area contributed by atoms with Gasteiger partial charge in [-0.3, -0.25) is 0 Å². The van der Waals surface area contributed by atoms with Crippen LogP contribution in [0.1, 0.15) is 35.9 Å². The van der Waals surface area contributed by atoms with Gasteiger partial charge >= 0.3 is 5.97 Å². The molecule has 1 aliphatic carbocycles. The number of rotatable bonds is 2. The molecule has 0 bridgehead atoms. The van der Waals surface area contributed by atoms with E-state index in [-0.39, 0.29) is 17.8 Å². The average molecular weight is 220 g/mol. The molecule has 1 aliphatic rings. The van der Waals surface area contributed by atoms with Gasteiger partial charge in [-0.05, 0) is 19.3 Å². The fraction of sp³-hybridized carbons (Fsp3) is 0.600. The molecule has 0 N–H and O–H groups in total. The van der Waals surface area contributed by atoms with Crippen molar-refractivity contribution in [1.82, 2.24) is 14.8 Å². The smallest absolute Gasteiger partial charge is 0.377 e. The molecule has 2 atom stereocenters. The Balaban J connectivity index is 2.19. The van der Waals surface area contributed by atoms with Gasteiger partial charge in [-0.1, -0.05) is 0 Å². The molecule has 1 aromatic heterocycles. The molecule has 0 spiro atoms. The van der Waals surface area contributed by atoms with Gasteiger partial charge in [0, 0.05) is 0 Å². The van der Waals surface area contributed by atoms with Crippen molar-refractivity contribution in [3.63, 3.8) is 0 Å². The largest absolute Gasteiger partial charge is 0.463 e. The van der Waals surface area contributed by atoms with Crippen molar-refractivity contribution in [3.05, 3.63) is 12.2 Å². The maximum atomic E-state index is 11.2. The lowest BCUT2D eigenvalue weighted by molar-refractivity contribution is 0.0586. The van der Waals surface area contributed by atoms with E-state index in [1.165, 1.54) is 13.4 Å². The predicted molar refractivity (Wildman–Crippen MR) is 53.4 cm³/mol. The van der Waals surface area contributed by atoms with E-state index in [2.05, 4.69) is 20.9 Å². The standard InChI is InChI=1S/C10H12N4O2/c1-16-10(15)9-12-6-14(13-9)8-4-2-3-7(8)5-11/h6-8H,2-4H2,1H3. The van der Waals surface area contributed by atoms with Gasteiger partial charge in [-0.2, -0.15) is 5.26 Å². The first-order valence-electron chi connectivity index (χ1n) is 5.15. The molecule has 6 heteroatoms. The molecular weight excluding hydrogens is 208 g/mol. The lowest BCUT2D eigenvalue weighted by atomic mass is 10.1. The fourth-order valence-electron chi connectivity index (χ4n) is 2.03. The Morgan fingerprint density at radius 2 is 2.50 bits per heavy atom. The summed E-state index contributed by atoms with van der Waals surface area (Å²) in [6.07, 6.45) is 4.29. The minimum Gasteiger partial charge on any atom is -0.463 e. The first-order chi connectivity index (χ1) is 7.76. The Hall–Kier alpha value is -1.90. The number of hydrogen-bond acceptors (Lipinski definition) is 5. The van der Waals surface area contributed by atoms with Crippen molar-refractivity contribution in [3.8, 4) is 6.07 Å². The van der Waals surface area contributed by atoms with Crippen molar-refractivity contribution in [2.45, 2.75) is 25.3 Å². The highest BCUT2D eigenvalue weighted by Crippen LogP contribution is 2.34. The summed E-state index contributed by atoms with van der Waals surface area (Å²) in [4.78, 5) is 15.0. The second-order valence-corrected chi connectivity index (χ2v) is 3.77. The molecule has 0 aliphatic heterocycles. The van der Waals surface area contributed by atoms with E-state index in [0.717, 1.165) is 19.3 Å². The van der Waals surface area contributed by atoms with Crippen LogP contribution in [0.3, 0.4) is 0 Å². The highest BCUT2D eigenvalue weighted by Gasteiger charge is 2.30. The summed E-state index contributed by atoms with van der Waals surface area (Å²) in [5.74, 6) is -0.538. The van der Waals surface area contributed by atoms with E-state index in [4.69, 9.17) is 5.26 Å². The van der Waals surface area contributed by atoms with Gasteiger partial charge in [0.15, 0.2) is 0 Å². The van der Waals surface area contributed by atoms with E-state index < -0.39 is 5.97 Å². The third-order valence-electron chi connectivity index (χ3n) is 2.86. The van der Waals surface area contributed by atoms with Crippen molar-refractivity contribution >= 4 is 5.97 Å². The van der Waals surface area contributed by atoms with Crippen LogP contribution in [0.15, 0.2) is 6.33 Å². The minimum atomic E-state index is -0.551. The van der Waals surface area contributed by atoms with Crippen molar-refractivity contribution in [2.75, 3.05) is 7.11 Å². The number of carbonyl (C=O) groups excluding carboxylic acids is 1. The monoisotopic (exact) mass is 220 g/mol. The van der Waals surface area contributed by atoms with Crippen LogP contribution in [0.25, 0.3) is 0 Å². The molecule has 1 heterocycles. The number of nitrogens with zero attached hydrogens (tertiary/aromatic N) is 4. The van der Waals surface area contributed by atoms with Gasteiger partial charge in [0.05, 0.1) is 25.1 Å². The maximum Gasteiger partial charge on any atom is 0.377 e. The minimum absolute atomic E-state index is 0.0350. The molecule has 1 aromatic rings. The number of carbonyl (C=O) groups is 1. The molecular formula is C10H12N4O2. The van der Waals surface area contributed by atoms with E-state index in [1.54, 1.807) is 4.68 Å². The molecule has 0 amide bonds. The van der Waals surface area contributed by atoms with Crippen LogP contribution >= 0.6 is 0 Å². The second-order valence-electron chi connectivity index (χ2n) is 3.77. The number of nitriles is 1. The number of ether oxygens (including phenoxy) is 1. The molecule has 1 fully saturated rings. The number of hydrogen-bond donors (Lipinski definition) is 0. The molecule has 0 radical (unpaired) electrons. The van der Waals surface area contributed by atoms with Crippen LogP contribution in [-0.2, 0) is 4.74 Å². The predicted octanol–water partition coefficient (Wildman–Crippen LogP) is 0.929. The van der Waals surface area contributed by atoms with Crippen molar-refractivity contribution < 1.29 is 9.53 Å². The molecule has 2 rings (SSSR count). The van der Waals surface area contributed by atoms with Gasteiger partial charge < -0.3 is 4.74 Å². The first-order valence-corrected chi connectivity index (χ1v) is 5.15. The zero-order chi connectivity index (χ0) is 11.5. The van der Waals surface area contributed by atoms with Gasteiger partial charge in [0.25, 0.3) is 5.82 Å². The Labute approximate surface area is 92.8 Å². The normalized spacial score (nSPS) is 24.0. The summed E-state index contributed by atoms with van der Waals surface area (Å²) in [6.45, 7) is 0. The maximum absolute atomic E-state index is 11.2. The van der Waals surface area contributed by atoms with Crippen LogP contribution in [0, 0.1) is 17.2 Å². The quantitative estimate of drug-likeness (QED) is 0.692. The Morgan fingerprint density at radius 1 is 1.69 bits per heavy atom. The third kappa shape index (κ3) is 1.76. The number of methoxy groups -OCH3 is 1. The second kappa shape index (κ2) is 4.31. The van der Waals surface area contributed by atoms with Crippen LogP contribution in [-0.4, -0.2) is 27.8 Å². The van der Waals surface area contributed by atoms with E-state index in [0.29, 0.717) is 0 Å². The van der Waals surface area contributed by atoms with Gasteiger partial charge in [0.2, 0.25) is 0 Å². The van der Waals surface area contributed by atoms with Crippen LogP contribution in [0.4, 0.5) is 0 Å². The molecule has 2 unspecified atom stereocenters. The third-order valence-corrected chi connectivity index (χ3v) is 2.86. The van der Waals surface area contributed by atoms with E-state index in [9.17, 15) is 4.79 Å². The lowest BCUT2D eigenvalue weighted by Crippen LogP contribution is -2.14. The summed E-state index contributed by atoms with van der Waals surface area (Å²) >= 11 is 0. The van der Waals surface area contributed by atoms with E-state index in [1.807, 2.05) is 0 Å². The topological polar surface area (TPSA) is 80.8 Å². The molecule has 0 saturated heterocycles. The fourth-order valence-corrected chi connectivity index (χ4v) is 2.03. The molecule has 1 saturated carbocycles. The summed E-state index contributed by atoms with van der Waals surface area (Å²) in [5, 5.41) is 13.0. The van der Waals surface area contributed by atoms with E-state index >= 15 is 0 Å². The van der Waals surface area contributed by atoms with Gasteiger partial charge in [0.1, 0.15) is 6.33 Å². The summed E-state index contributed by atoms with van der Waals surface area (Å²) in [7, 11) is 1.29. The molecule has 16 heavy (non-hydrogen) atoms. The summed E-state index contributed by atoms with van der Waals surface area (Å²) in [5.41, 5.74) is 0. The summed E-state index contributed by atoms with van der Waals surface area (Å²) in [6, 6.07) is 2.30. The summed E-state index contributed by atoms with van der Waals surface area (Å²) < 4.78 is 6.13. The average Bonchev–Trinajstić information content (AvgIpc) is 2.95. The van der Waals surface area contributed by atoms with Crippen molar-refractivity contribution in [2.24, 2.45) is 5.92 Å². The van der Waals surface area contributed by atoms with Gasteiger partial charge in [-0.25, -0.2) is 14.5 Å². The number of esters is 1. The Kier molecular flexibility index (Phi) is 2.86. The van der Waals surface area contributed by atoms with Crippen LogP contribution in [0.5, 0.6) is 0 Å². The van der Waals surface area contributed by atoms with Crippen molar-refractivity contribution in [1.29, 1.82) is 5.26 Å². The zero-order valence-electron chi connectivity index (χ0n) is 8.96. The molecule has 0 aromatic carbocycles. The highest BCUT2D eigenvalue weighted by molar-refractivity contribution is 5.84. The van der Waals surface area contributed by atoms with Gasteiger partial charge in [-0.15, -0.1) is 5.10 Å².